The quantitative estimate of drug-likeness (QED) is 0.441. The number of ether oxygens (including phenoxy) is 1. The molecule has 0 aliphatic heterocycles. The number of allylic oxidation sites excluding steroid dienone is 1. The molecule has 0 aliphatic carbocycles. The van der Waals surface area contributed by atoms with Gasteiger partial charge in [0.1, 0.15) is 0 Å². The third-order valence-corrected chi connectivity index (χ3v) is 1.41. The molecule has 0 fully saturated rings. The van der Waals surface area contributed by atoms with Crippen molar-refractivity contribution in [3.05, 3.63) is 12.7 Å². The van der Waals surface area contributed by atoms with Gasteiger partial charge in [0.15, 0.2) is 0 Å². The Hall–Kier alpha value is -0.790. The van der Waals surface area contributed by atoms with Gasteiger partial charge < -0.3 is 4.74 Å². The second kappa shape index (κ2) is 5.03. The SMILES string of the molecule is C=CCC[C@H](C)C(=O)OC. The lowest BCUT2D eigenvalue weighted by Gasteiger charge is -2.05. The van der Waals surface area contributed by atoms with Crippen molar-refractivity contribution in [2.24, 2.45) is 5.92 Å². The first kappa shape index (κ1) is 9.21. The number of esters is 1. The van der Waals surface area contributed by atoms with Gasteiger partial charge in [0.25, 0.3) is 0 Å². The fourth-order valence-corrected chi connectivity index (χ4v) is 0.687. The first-order valence-corrected chi connectivity index (χ1v) is 3.41. The molecule has 1 atom stereocenters. The number of hydrogen-bond donors (Lipinski definition) is 0. The molecule has 0 radical (unpaired) electrons. The third-order valence-electron chi connectivity index (χ3n) is 1.41. The molecule has 0 rings (SSSR count). The molecule has 2 nitrogen and oxygen atoms in total. The minimum Gasteiger partial charge on any atom is -0.469 e. The Balaban J connectivity index is 3.50. The van der Waals surface area contributed by atoms with Crippen molar-refractivity contribution in [3.8, 4) is 0 Å². The maximum atomic E-state index is 10.8. The molecule has 10 heavy (non-hydrogen) atoms. The van der Waals surface area contributed by atoms with Crippen LogP contribution in [0.1, 0.15) is 19.8 Å². The van der Waals surface area contributed by atoms with Crippen molar-refractivity contribution in [1.82, 2.24) is 0 Å². The predicted octanol–water partition coefficient (Wildman–Crippen LogP) is 1.76. The highest BCUT2D eigenvalue weighted by Crippen LogP contribution is 2.06. The van der Waals surface area contributed by atoms with Crippen molar-refractivity contribution < 1.29 is 9.53 Å². The summed E-state index contributed by atoms with van der Waals surface area (Å²) in [5.74, 6) is -0.134. The van der Waals surface area contributed by atoms with E-state index in [2.05, 4.69) is 11.3 Å². The smallest absolute Gasteiger partial charge is 0.308 e. The van der Waals surface area contributed by atoms with E-state index in [1.165, 1.54) is 7.11 Å². The average Bonchev–Trinajstić information content (AvgIpc) is 1.98. The Morgan fingerprint density at radius 2 is 2.40 bits per heavy atom. The highest BCUT2D eigenvalue weighted by atomic mass is 16.5. The molecule has 0 aromatic heterocycles. The van der Waals surface area contributed by atoms with E-state index in [4.69, 9.17) is 0 Å². The number of rotatable bonds is 4. The number of methoxy groups -OCH3 is 1. The van der Waals surface area contributed by atoms with Gasteiger partial charge in [-0.25, -0.2) is 0 Å². The molecular formula is C8H14O2. The van der Waals surface area contributed by atoms with Gasteiger partial charge >= 0.3 is 5.97 Å². The maximum Gasteiger partial charge on any atom is 0.308 e. The molecule has 0 aromatic carbocycles. The monoisotopic (exact) mass is 142 g/mol. The lowest BCUT2D eigenvalue weighted by Crippen LogP contribution is -2.11. The third kappa shape index (κ3) is 3.28. The first-order valence-electron chi connectivity index (χ1n) is 3.41. The number of carbonyl (C=O) groups is 1. The molecule has 0 aliphatic rings. The standard InChI is InChI=1S/C8H14O2/c1-4-5-6-7(2)8(9)10-3/h4,7H,1,5-6H2,2-3H3/t7-/m0/s1. The van der Waals surface area contributed by atoms with Gasteiger partial charge in [0.05, 0.1) is 13.0 Å². The molecular weight excluding hydrogens is 128 g/mol. The zero-order chi connectivity index (χ0) is 7.98. The fraction of sp³-hybridized carbons (Fsp3) is 0.625. The van der Waals surface area contributed by atoms with Crippen molar-refractivity contribution in [1.29, 1.82) is 0 Å². The maximum absolute atomic E-state index is 10.8. The van der Waals surface area contributed by atoms with Crippen LogP contribution in [-0.2, 0) is 9.53 Å². The minimum atomic E-state index is -0.137. The second-order valence-corrected chi connectivity index (χ2v) is 2.29. The van der Waals surface area contributed by atoms with Gasteiger partial charge in [-0.05, 0) is 12.8 Å². The van der Waals surface area contributed by atoms with Gasteiger partial charge in [0, 0.05) is 0 Å². The van der Waals surface area contributed by atoms with E-state index in [1.54, 1.807) is 6.08 Å². The van der Waals surface area contributed by atoms with Crippen LogP contribution >= 0.6 is 0 Å². The van der Waals surface area contributed by atoms with Crippen LogP contribution in [0.4, 0.5) is 0 Å². The van der Waals surface area contributed by atoms with E-state index in [0.717, 1.165) is 12.8 Å². The minimum absolute atomic E-state index is 0.00278. The zero-order valence-electron chi connectivity index (χ0n) is 6.59. The highest BCUT2D eigenvalue weighted by molar-refractivity contribution is 5.71. The van der Waals surface area contributed by atoms with Crippen LogP contribution in [-0.4, -0.2) is 13.1 Å². The Labute approximate surface area is 61.9 Å². The van der Waals surface area contributed by atoms with Crippen LogP contribution in [0.25, 0.3) is 0 Å². The molecule has 58 valence electrons. The van der Waals surface area contributed by atoms with E-state index in [-0.39, 0.29) is 11.9 Å². The molecule has 0 amide bonds. The molecule has 0 saturated heterocycles. The Kier molecular flexibility index (Phi) is 4.63. The Morgan fingerprint density at radius 3 is 2.80 bits per heavy atom. The normalized spacial score (nSPS) is 12.2. The van der Waals surface area contributed by atoms with Gasteiger partial charge in [-0.3, -0.25) is 4.79 Å². The van der Waals surface area contributed by atoms with E-state index < -0.39 is 0 Å². The summed E-state index contributed by atoms with van der Waals surface area (Å²) in [5, 5.41) is 0. The Morgan fingerprint density at radius 1 is 1.80 bits per heavy atom. The van der Waals surface area contributed by atoms with Crippen LogP contribution in [0.3, 0.4) is 0 Å². The molecule has 0 aromatic rings. The summed E-state index contributed by atoms with van der Waals surface area (Å²) in [7, 11) is 1.41. The van der Waals surface area contributed by atoms with Gasteiger partial charge in [-0.1, -0.05) is 13.0 Å². The van der Waals surface area contributed by atoms with E-state index in [1.807, 2.05) is 6.92 Å². The lowest BCUT2D eigenvalue weighted by atomic mass is 10.1. The lowest BCUT2D eigenvalue weighted by molar-refractivity contribution is -0.144. The predicted molar refractivity (Wildman–Crippen MR) is 40.6 cm³/mol. The van der Waals surface area contributed by atoms with E-state index in [0.29, 0.717) is 0 Å². The molecule has 0 spiro atoms. The van der Waals surface area contributed by atoms with Gasteiger partial charge in [0.2, 0.25) is 0 Å². The first-order chi connectivity index (χ1) is 4.72. The van der Waals surface area contributed by atoms with Crippen molar-refractivity contribution in [3.63, 3.8) is 0 Å². The average molecular weight is 142 g/mol. The van der Waals surface area contributed by atoms with E-state index in [9.17, 15) is 4.79 Å². The van der Waals surface area contributed by atoms with Crippen LogP contribution < -0.4 is 0 Å². The van der Waals surface area contributed by atoms with Crippen LogP contribution in [0.15, 0.2) is 12.7 Å². The number of carbonyl (C=O) groups excluding carboxylic acids is 1. The second-order valence-electron chi connectivity index (χ2n) is 2.29. The summed E-state index contributed by atoms with van der Waals surface area (Å²) < 4.78 is 4.54. The molecule has 0 saturated carbocycles. The topological polar surface area (TPSA) is 26.3 Å². The number of hydrogen-bond acceptors (Lipinski definition) is 2. The van der Waals surface area contributed by atoms with Crippen LogP contribution in [0.5, 0.6) is 0 Å². The molecule has 0 N–H and O–H groups in total. The van der Waals surface area contributed by atoms with Crippen molar-refractivity contribution in [2.45, 2.75) is 19.8 Å². The summed E-state index contributed by atoms with van der Waals surface area (Å²) >= 11 is 0. The summed E-state index contributed by atoms with van der Waals surface area (Å²) in [5.41, 5.74) is 0. The van der Waals surface area contributed by atoms with Crippen LogP contribution in [0.2, 0.25) is 0 Å². The van der Waals surface area contributed by atoms with Gasteiger partial charge in [-0.2, -0.15) is 0 Å². The molecule has 0 heterocycles. The molecule has 2 heteroatoms. The summed E-state index contributed by atoms with van der Waals surface area (Å²) in [6, 6.07) is 0. The van der Waals surface area contributed by atoms with Crippen molar-refractivity contribution in [2.75, 3.05) is 7.11 Å². The molecule has 0 unspecified atom stereocenters. The summed E-state index contributed by atoms with van der Waals surface area (Å²) in [6.45, 7) is 5.42. The summed E-state index contributed by atoms with van der Waals surface area (Å²) in [4.78, 5) is 10.8. The van der Waals surface area contributed by atoms with Gasteiger partial charge in [-0.15, -0.1) is 6.58 Å². The largest absolute Gasteiger partial charge is 0.469 e. The summed E-state index contributed by atoms with van der Waals surface area (Å²) in [6.07, 6.45) is 3.51. The zero-order valence-corrected chi connectivity index (χ0v) is 6.59. The fourth-order valence-electron chi connectivity index (χ4n) is 0.687. The van der Waals surface area contributed by atoms with Crippen LogP contribution in [0, 0.1) is 5.92 Å². The highest BCUT2D eigenvalue weighted by Gasteiger charge is 2.10. The van der Waals surface area contributed by atoms with Crippen molar-refractivity contribution >= 4 is 5.97 Å². The molecule has 0 bridgehead atoms. The van der Waals surface area contributed by atoms with E-state index >= 15 is 0 Å². The Bertz CT molecular complexity index is 118.